The fourth-order valence-electron chi connectivity index (χ4n) is 3.26. The number of anilines is 1. The van der Waals surface area contributed by atoms with Crippen molar-refractivity contribution in [2.75, 3.05) is 5.32 Å². The third-order valence-corrected chi connectivity index (χ3v) is 4.75. The van der Waals surface area contributed by atoms with Crippen molar-refractivity contribution in [1.29, 1.82) is 0 Å². The van der Waals surface area contributed by atoms with E-state index in [9.17, 15) is 0 Å². The molecular formula is C22H33N3. The lowest BCUT2D eigenvalue weighted by molar-refractivity contribution is 0.513. The Morgan fingerprint density at radius 2 is 1.60 bits per heavy atom. The van der Waals surface area contributed by atoms with Crippen LogP contribution in [0.3, 0.4) is 0 Å². The van der Waals surface area contributed by atoms with Crippen LogP contribution in [0.1, 0.15) is 88.3 Å². The Morgan fingerprint density at radius 3 is 2.20 bits per heavy atom. The molecule has 136 valence electrons. The van der Waals surface area contributed by atoms with Gasteiger partial charge in [-0.05, 0) is 32.3 Å². The summed E-state index contributed by atoms with van der Waals surface area (Å²) in [7, 11) is 0. The minimum Gasteiger partial charge on any atom is -0.363 e. The van der Waals surface area contributed by atoms with Crippen molar-refractivity contribution in [3.8, 4) is 0 Å². The number of aryl methyl sites for hydroxylation is 1. The van der Waals surface area contributed by atoms with Crippen molar-refractivity contribution in [3.63, 3.8) is 0 Å². The second-order valence-electron chi connectivity index (χ2n) is 6.98. The third-order valence-electron chi connectivity index (χ3n) is 4.75. The first-order chi connectivity index (χ1) is 12.1. The molecular weight excluding hydrogens is 306 g/mol. The van der Waals surface area contributed by atoms with Gasteiger partial charge < -0.3 is 5.32 Å². The van der Waals surface area contributed by atoms with Crippen LogP contribution < -0.4 is 5.32 Å². The topological polar surface area (TPSA) is 37.8 Å². The van der Waals surface area contributed by atoms with Crippen molar-refractivity contribution >= 4 is 5.82 Å². The zero-order chi connectivity index (χ0) is 18.1. The number of nitrogens with one attached hydrogen (secondary N) is 1. The van der Waals surface area contributed by atoms with Gasteiger partial charge in [-0.1, -0.05) is 69.9 Å². The van der Waals surface area contributed by atoms with E-state index in [1.54, 1.807) is 0 Å². The van der Waals surface area contributed by atoms with E-state index < -0.39 is 0 Å². The first kappa shape index (κ1) is 19.4. The SMILES string of the molecule is CCCCC(CCCC)c1cc(NC(C)c2ccccc2)nc(C)n1. The van der Waals surface area contributed by atoms with Gasteiger partial charge in [-0.25, -0.2) is 9.97 Å². The average molecular weight is 340 g/mol. The van der Waals surface area contributed by atoms with Crippen LogP contribution in [0.15, 0.2) is 36.4 Å². The van der Waals surface area contributed by atoms with Gasteiger partial charge in [-0.15, -0.1) is 0 Å². The molecule has 0 fully saturated rings. The quantitative estimate of drug-likeness (QED) is 0.542. The molecule has 25 heavy (non-hydrogen) atoms. The molecule has 1 unspecified atom stereocenters. The maximum atomic E-state index is 4.77. The van der Waals surface area contributed by atoms with Crippen molar-refractivity contribution < 1.29 is 0 Å². The highest BCUT2D eigenvalue weighted by Gasteiger charge is 2.15. The van der Waals surface area contributed by atoms with Gasteiger partial charge in [0.2, 0.25) is 0 Å². The summed E-state index contributed by atoms with van der Waals surface area (Å²) in [5, 5.41) is 3.56. The summed E-state index contributed by atoms with van der Waals surface area (Å²) in [5.41, 5.74) is 2.48. The summed E-state index contributed by atoms with van der Waals surface area (Å²) in [6.45, 7) is 8.70. The lowest BCUT2D eigenvalue weighted by Crippen LogP contribution is -2.11. The highest BCUT2D eigenvalue weighted by atomic mass is 15.0. The van der Waals surface area contributed by atoms with Gasteiger partial charge in [0.25, 0.3) is 0 Å². The smallest absolute Gasteiger partial charge is 0.130 e. The molecule has 2 rings (SSSR count). The summed E-state index contributed by atoms with van der Waals surface area (Å²) >= 11 is 0. The Bertz CT molecular complexity index is 616. The third kappa shape index (κ3) is 6.15. The van der Waals surface area contributed by atoms with Crippen LogP contribution in [0, 0.1) is 6.92 Å². The van der Waals surface area contributed by atoms with Crippen molar-refractivity contribution in [1.82, 2.24) is 9.97 Å². The number of unbranched alkanes of at least 4 members (excludes halogenated alkanes) is 2. The van der Waals surface area contributed by atoms with Gasteiger partial charge in [-0.2, -0.15) is 0 Å². The largest absolute Gasteiger partial charge is 0.363 e. The monoisotopic (exact) mass is 339 g/mol. The molecule has 0 aliphatic heterocycles. The van der Waals surface area contributed by atoms with E-state index in [1.165, 1.54) is 49.8 Å². The molecule has 0 aliphatic rings. The zero-order valence-corrected chi connectivity index (χ0v) is 16.3. The molecule has 1 N–H and O–H groups in total. The Morgan fingerprint density at radius 1 is 0.960 bits per heavy atom. The molecule has 0 radical (unpaired) electrons. The van der Waals surface area contributed by atoms with Crippen LogP contribution >= 0.6 is 0 Å². The van der Waals surface area contributed by atoms with E-state index in [2.05, 4.69) is 67.5 Å². The highest BCUT2D eigenvalue weighted by Crippen LogP contribution is 2.28. The summed E-state index contributed by atoms with van der Waals surface area (Å²) < 4.78 is 0. The summed E-state index contributed by atoms with van der Waals surface area (Å²) in [6.07, 6.45) is 7.45. The maximum absolute atomic E-state index is 4.77. The van der Waals surface area contributed by atoms with Crippen molar-refractivity contribution in [2.24, 2.45) is 0 Å². The number of hydrogen-bond acceptors (Lipinski definition) is 3. The summed E-state index contributed by atoms with van der Waals surface area (Å²) in [4.78, 5) is 9.39. The molecule has 1 aromatic carbocycles. The van der Waals surface area contributed by atoms with Crippen LogP contribution in [0.2, 0.25) is 0 Å². The Kier molecular flexibility index (Phi) is 7.90. The maximum Gasteiger partial charge on any atom is 0.130 e. The van der Waals surface area contributed by atoms with Crippen LogP contribution in [0.4, 0.5) is 5.82 Å². The lowest BCUT2D eigenvalue weighted by atomic mass is 9.92. The van der Waals surface area contributed by atoms with E-state index in [0.29, 0.717) is 5.92 Å². The summed E-state index contributed by atoms with van der Waals surface area (Å²) in [5.74, 6) is 2.35. The van der Waals surface area contributed by atoms with Gasteiger partial charge in [0.05, 0.1) is 0 Å². The average Bonchev–Trinajstić information content (AvgIpc) is 2.62. The highest BCUT2D eigenvalue weighted by molar-refractivity contribution is 5.40. The molecule has 1 aromatic heterocycles. The lowest BCUT2D eigenvalue weighted by Gasteiger charge is -2.19. The molecule has 0 spiro atoms. The van der Waals surface area contributed by atoms with Gasteiger partial charge in [-0.3, -0.25) is 0 Å². The standard InChI is InChI=1S/C22H33N3/c1-5-7-12-20(13-8-6-2)21-16-22(25-18(4)24-21)23-17(3)19-14-10-9-11-15-19/h9-11,14-17,20H,5-8,12-13H2,1-4H3,(H,23,24,25). The first-order valence-electron chi connectivity index (χ1n) is 9.81. The van der Waals surface area contributed by atoms with E-state index in [1.807, 2.05) is 6.92 Å². The molecule has 0 amide bonds. The number of benzene rings is 1. The van der Waals surface area contributed by atoms with Gasteiger partial charge in [0.1, 0.15) is 11.6 Å². The molecule has 0 bridgehead atoms. The molecule has 0 saturated carbocycles. The molecule has 2 aromatic rings. The summed E-state index contributed by atoms with van der Waals surface area (Å²) in [6, 6.07) is 12.9. The number of aromatic nitrogens is 2. The fraction of sp³-hybridized carbons (Fsp3) is 0.545. The van der Waals surface area contributed by atoms with E-state index >= 15 is 0 Å². The van der Waals surface area contributed by atoms with Crippen LogP contribution in [0.5, 0.6) is 0 Å². The first-order valence-corrected chi connectivity index (χ1v) is 9.81. The molecule has 1 atom stereocenters. The minimum atomic E-state index is 0.230. The number of nitrogens with zero attached hydrogens (tertiary/aromatic N) is 2. The van der Waals surface area contributed by atoms with E-state index in [4.69, 9.17) is 4.98 Å². The predicted molar refractivity (Wildman–Crippen MR) is 107 cm³/mol. The van der Waals surface area contributed by atoms with Crippen LogP contribution in [-0.2, 0) is 0 Å². The Hall–Kier alpha value is -1.90. The second-order valence-corrected chi connectivity index (χ2v) is 6.98. The molecule has 3 nitrogen and oxygen atoms in total. The van der Waals surface area contributed by atoms with Gasteiger partial charge >= 0.3 is 0 Å². The van der Waals surface area contributed by atoms with Crippen LogP contribution in [0.25, 0.3) is 0 Å². The molecule has 3 heteroatoms. The second kappa shape index (κ2) is 10.2. The Labute approximate surface area is 153 Å². The van der Waals surface area contributed by atoms with E-state index in [0.717, 1.165) is 11.6 Å². The zero-order valence-electron chi connectivity index (χ0n) is 16.3. The number of rotatable bonds is 10. The van der Waals surface area contributed by atoms with Crippen molar-refractivity contribution in [2.45, 2.75) is 78.2 Å². The predicted octanol–water partition coefficient (Wildman–Crippen LogP) is 6.42. The molecule has 0 saturated heterocycles. The molecule has 1 heterocycles. The van der Waals surface area contributed by atoms with Gasteiger partial charge in [0.15, 0.2) is 0 Å². The normalized spacial score (nSPS) is 12.4. The van der Waals surface area contributed by atoms with Crippen LogP contribution in [-0.4, -0.2) is 9.97 Å². The van der Waals surface area contributed by atoms with Gasteiger partial charge in [0, 0.05) is 23.7 Å². The van der Waals surface area contributed by atoms with E-state index in [-0.39, 0.29) is 6.04 Å². The number of hydrogen-bond donors (Lipinski definition) is 1. The van der Waals surface area contributed by atoms with Crippen molar-refractivity contribution in [3.05, 3.63) is 53.5 Å². The Balaban J connectivity index is 2.16. The fourth-order valence-corrected chi connectivity index (χ4v) is 3.26. The molecule has 0 aliphatic carbocycles. The minimum absolute atomic E-state index is 0.230.